The number of esters is 1. The molecule has 2 N–H and O–H groups in total. The molecule has 1 amide bonds. The van der Waals surface area contributed by atoms with E-state index >= 15 is 0 Å². The van der Waals surface area contributed by atoms with E-state index in [0.29, 0.717) is 5.92 Å². The van der Waals surface area contributed by atoms with Gasteiger partial charge in [-0.1, -0.05) is 32.8 Å². The molecule has 0 aromatic heterocycles. The summed E-state index contributed by atoms with van der Waals surface area (Å²) in [5.74, 6) is -0.667. The molecule has 2 rings (SSSR count). The lowest BCUT2D eigenvalue weighted by molar-refractivity contribution is -0.130. The highest BCUT2D eigenvalue weighted by Gasteiger charge is 2.26. The van der Waals surface area contributed by atoms with E-state index < -0.39 is 22.1 Å². The molecule has 0 saturated heterocycles. The topological polar surface area (TPSA) is 102 Å². The number of hydrogen-bond acceptors (Lipinski definition) is 5. The molecule has 0 unspecified atom stereocenters. The molecule has 3 atom stereocenters. The predicted octanol–water partition coefficient (Wildman–Crippen LogP) is 2.22. The summed E-state index contributed by atoms with van der Waals surface area (Å²) in [4.78, 5) is 24.7. The Balaban J connectivity index is 2.00. The zero-order chi connectivity index (χ0) is 20.0. The maximum Gasteiger partial charge on any atom is 0.338 e. The molecule has 1 aliphatic carbocycles. The summed E-state index contributed by atoms with van der Waals surface area (Å²) in [5.41, 5.74) is 0.0830. The van der Waals surface area contributed by atoms with Crippen LogP contribution in [0.2, 0.25) is 0 Å². The number of nitrogens with one attached hydrogen (secondary N) is 2. The number of ether oxygens (including phenoxy) is 1. The maximum atomic E-state index is 12.3. The molecule has 0 aliphatic heterocycles. The summed E-state index contributed by atoms with van der Waals surface area (Å²) in [6.07, 6.45) is 3.30. The first kappa shape index (κ1) is 21.4. The standard InChI is InChI=1S/C19H28N2O5S/c1-4-20-27(24,25)16-10-7-9-15(12-16)19(23)26-14(3)18(22)21-17-11-6-5-8-13(17)2/h7,9-10,12-14,17,20H,4-6,8,11H2,1-3H3,(H,21,22)/t13-,14-,17-/m1/s1. The molecule has 1 aromatic rings. The molecule has 1 aliphatic rings. The zero-order valence-electron chi connectivity index (χ0n) is 16.0. The highest BCUT2D eigenvalue weighted by molar-refractivity contribution is 7.89. The minimum atomic E-state index is -3.67. The van der Waals surface area contributed by atoms with E-state index in [1.165, 1.54) is 37.6 Å². The van der Waals surface area contributed by atoms with Crippen LogP contribution in [0.5, 0.6) is 0 Å². The van der Waals surface area contributed by atoms with Gasteiger partial charge in [-0.05, 0) is 43.9 Å². The Labute approximate surface area is 160 Å². The van der Waals surface area contributed by atoms with Gasteiger partial charge in [0.05, 0.1) is 10.5 Å². The Bertz CT molecular complexity index is 778. The smallest absolute Gasteiger partial charge is 0.338 e. The molecule has 0 bridgehead atoms. The highest BCUT2D eigenvalue weighted by atomic mass is 32.2. The zero-order valence-corrected chi connectivity index (χ0v) is 16.8. The van der Waals surface area contributed by atoms with Crippen LogP contribution in [0.3, 0.4) is 0 Å². The van der Waals surface area contributed by atoms with Gasteiger partial charge in [-0.2, -0.15) is 0 Å². The highest BCUT2D eigenvalue weighted by Crippen LogP contribution is 2.23. The van der Waals surface area contributed by atoms with Gasteiger partial charge in [0.15, 0.2) is 6.10 Å². The summed E-state index contributed by atoms with van der Waals surface area (Å²) >= 11 is 0. The Morgan fingerprint density at radius 2 is 1.96 bits per heavy atom. The van der Waals surface area contributed by atoms with Gasteiger partial charge in [0.2, 0.25) is 10.0 Å². The second-order valence-corrected chi connectivity index (χ2v) is 8.72. The molecule has 1 fully saturated rings. The van der Waals surface area contributed by atoms with E-state index in [0.717, 1.165) is 19.3 Å². The second-order valence-electron chi connectivity index (χ2n) is 6.95. The van der Waals surface area contributed by atoms with Gasteiger partial charge in [-0.3, -0.25) is 4.79 Å². The van der Waals surface area contributed by atoms with Crippen molar-refractivity contribution >= 4 is 21.9 Å². The van der Waals surface area contributed by atoms with Crippen molar-refractivity contribution in [2.45, 2.75) is 63.5 Å². The Kier molecular flexibility index (Phi) is 7.38. The number of hydrogen-bond donors (Lipinski definition) is 2. The molecular formula is C19H28N2O5S. The number of rotatable bonds is 7. The van der Waals surface area contributed by atoms with Gasteiger partial charge < -0.3 is 10.1 Å². The van der Waals surface area contributed by atoms with Crippen molar-refractivity contribution in [3.63, 3.8) is 0 Å². The molecule has 0 radical (unpaired) electrons. The van der Waals surface area contributed by atoms with E-state index in [1.54, 1.807) is 6.92 Å². The van der Waals surface area contributed by atoms with Crippen molar-refractivity contribution in [1.29, 1.82) is 0 Å². The predicted molar refractivity (Wildman–Crippen MR) is 102 cm³/mol. The minimum Gasteiger partial charge on any atom is -0.449 e. The van der Waals surface area contributed by atoms with Crippen molar-refractivity contribution in [2.24, 2.45) is 5.92 Å². The van der Waals surface area contributed by atoms with Crippen LogP contribution in [-0.4, -0.2) is 39.0 Å². The van der Waals surface area contributed by atoms with Crippen molar-refractivity contribution in [2.75, 3.05) is 6.54 Å². The minimum absolute atomic E-state index is 0.0214. The van der Waals surface area contributed by atoms with Crippen molar-refractivity contribution in [1.82, 2.24) is 10.0 Å². The van der Waals surface area contributed by atoms with Crippen LogP contribution in [0.25, 0.3) is 0 Å². The SMILES string of the molecule is CCNS(=O)(=O)c1cccc(C(=O)O[C@H](C)C(=O)N[C@@H]2CCCC[C@H]2C)c1. The first-order chi connectivity index (χ1) is 12.7. The van der Waals surface area contributed by atoms with Crippen LogP contribution in [0.4, 0.5) is 0 Å². The van der Waals surface area contributed by atoms with Gasteiger partial charge in [0.1, 0.15) is 0 Å². The average Bonchev–Trinajstić information content (AvgIpc) is 2.63. The van der Waals surface area contributed by atoms with E-state index in [9.17, 15) is 18.0 Å². The number of carbonyl (C=O) groups is 2. The molecule has 27 heavy (non-hydrogen) atoms. The Morgan fingerprint density at radius 1 is 1.26 bits per heavy atom. The van der Waals surface area contributed by atoms with Gasteiger partial charge in [0, 0.05) is 12.6 Å². The van der Waals surface area contributed by atoms with Crippen LogP contribution in [0, 0.1) is 5.92 Å². The quantitative estimate of drug-likeness (QED) is 0.688. The fraction of sp³-hybridized carbons (Fsp3) is 0.579. The number of carbonyl (C=O) groups excluding carboxylic acids is 2. The Morgan fingerprint density at radius 3 is 2.63 bits per heavy atom. The van der Waals surface area contributed by atoms with E-state index in [1.807, 2.05) is 0 Å². The summed E-state index contributed by atoms with van der Waals surface area (Å²) in [6, 6.07) is 5.67. The van der Waals surface area contributed by atoms with Crippen molar-refractivity contribution < 1.29 is 22.7 Å². The molecule has 0 heterocycles. The van der Waals surface area contributed by atoms with Crippen molar-refractivity contribution in [3.05, 3.63) is 29.8 Å². The van der Waals surface area contributed by atoms with Gasteiger partial charge >= 0.3 is 5.97 Å². The average molecular weight is 397 g/mol. The first-order valence-electron chi connectivity index (χ1n) is 9.35. The number of sulfonamides is 1. The molecule has 8 heteroatoms. The maximum absolute atomic E-state index is 12.3. The van der Waals surface area contributed by atoms with E-state index in [2.05, 4.69) is 17.0 Å². The van der Waals surface area contributed by atoms with Crippen molar-refractivity contribution in [3.8, 4) is 0 Å². The van der Waals surface area contributed by atoms with Crippen LogP contribution in [-0.2, 0) is 19.6 Å². The third kappa shape index (κ3) is 5.77. The third-order valence-electron chi connectivity index (χ3n) is 4.81. The molecule has 7 nitrogen and oxygen atoms in total. The summed E-state index contributed by atoms with van der Waals surface area (Å²) < 4.78 is 31.7. The fourth-order valence-corrected chi connectivity index (χ4v) is 4.26. The van der Waals surface area contributed by atoms with E-state index in [4.69, 9.17) is 4.74 Å². The lowest BCUT2D eigenvalue weighted by atomic mass is 9.86. The van der Waals surface area contributed by atoms with Gasteiger partial charge in [-0.15, -0.1) is 0 Å². The lowest BCUT2D eigenvalue weighted by Crippen LogP contribution is -2.46. The summed E-state index contributed by atoms with van der Waals surface area (Å²) in [7, 11) is -3.67. The van der Waals surface area contributed by atoms with Gasteiger partial charge in [0.25, 0.3) is 5.91 Å². The summed E-state index contributed by atoms with van der Waals surface area (Å²) in [5, 5.41) is 2.96. The normalized spacial score (nSPS) is 21.3. The van der Waals surface area contributed by atoms with Crippen LogP contribution < -0.4 is 10.0 Å². The molecule has 1 aromatic carbocycles. The van der Waals surface area contributed by atoms with Gasteiger partial charge in [-0.25, -0.2) is 17.9 Å². The van der Waals surface area contributed by atoms with E-state index in [-0.39, 0.29) is 29.0 Å². The molecule has 1 saturated carbocycles. The Hall–Kier alpha value is -1.93. The molecule has 150 valence electrons. The molecule has 0 spiro atoms. The monoisotopic (exact) mass is 396 g/mol. The molecular weight excluding hydrogens is 368 g/mol. The number of amides is 1. The summed E-state index contributed by atoms with van der Waals surface area (Å²) in [6.45, 7) is 5.54. The van der Waals surface area contributed by atoms with Crippen LogP contribution in [0.1, 0.15) is 56.8 Å². The first-order valence-corrected chi connectivity index (χ1v) is 10.8. The van der Waals surface area contributed by atoms with Crippen LogP contribution >= 0.6 is 0 Å². The lowest BCUT2D eigenvalue weighted by Gasteiger charge is -2.30. The fourth-order valence-electron chi connectivity index (χ4n) is 3.18. The number of benzene rings is 1. The largest absolute Gasteiger partial charge is 0.449 e. The van der Waals surface area contributed by atoms with Crippen LogP contribution in [0.15, 0.2) is 29.2 Å². The third-order valence-corrected chi connectivity index (χ3v) is 6.35. The second kappa shape index (κ2) is 9.32.